The average Bonchev–Trinajstić information content (AvgIpc) is 0.887. The Morgan fingerprint density at radius 3 is 0.458 bits per heavy atom. The normalized spacial score (nSPS) is 20.2. The molecule has 10 rings (SSSR count). The van der Waals surface area contributed by atoms with E-state index in [4.69, 9.17) is 23.7 Å². The van der Waals surface area contributed by atoms with E-state index in [9.17, 15) is 24.0 Å². The van der Waals surface area contributed by atoms with Gasteiger partial charge in [-0.05, 0) is 279 Å². The highest BCUT2D eigenvalue weighted by atomic mass is 32.1. The van der Waals surface area contributed by atoms with Gasteiger partial charge in [0.1, 0.15) is 28.7 Å². The van der Waals surface area contributed by atoms with Gasteiger partial charge in [0.25, 0.3) is 0 Å². The SMILES string of the molecule is CCCCCCCC1CCC(C(=O)Oc2ccc(S)cc2)CC1.CCCCCCCC1CCC(C(=O)Oc2ccc(S)cc2)CC1.CCCCCCCC1CCC(C(=O)Oc2ccc(S)cc2)CC1.CCCCCCCC1CCC(C(=O)Oc2ccc(S)cc2)CC1.CCCCCCCC1CCC(C(=O)Oc2ccc(S)cc2)CC1.F.F.F.F.F. The fraction of sp³-hybridized carbons (Fsp3) is 0.650. The highest BCUT2D eigenvalue weighted by molar-refractivity contribution is 7.81. The minimum atomic E-state index is -0.0571. The van der Waals surface area contributed by atoms with E-state index in [1.165, 1.54) is 257 Å². The lowest BCUT2D eigenvalue weighted by Crippen LogP contribution is -2.25. The second-order valence-electron chi connectivity index (χ2n) is 34.2. The molecule has 0 radical (unpaired) electrons. The molecular weight excluding hydrogens is 1620 g/mol. The monoisotopic (exact) mass is 1770 g/mol. The summed E-state index contributed by atoms with van der Waals surface area (Å²) in [4.78, 5) is 65.6. The van der Waals surface area contributed by atoms with Crippen LogP contribution in [0.25, 0.3) is 0 Å². The number of ether oxygens (including phenoxy) is 5. The van der Waals surface area contributed by atoms with Gasteiger partial charge in [0, 0.05) is 24.5 Å². The van der Waals surface area contributed by atoms with Gasteiger partial charge in [-0.1, -0.05) is 227 Å². The Morgan fingerprint density at radius 2 is 0.333 bits per heavy atom. The number of benzene rings is 5. The highest BCUT2D eigenvalue weighted by Crippen LogP contribution is 2.39. The van der Waals surface area contributed by atoms with Crippen molar-refractivity contribution in [1.82, 2.24) is 0 Å². The average molecular weight is 1770 g/mol. The van der Waals surface area contributed by atoms with Crippen LogP contribution in [-0.4, -0.2) is 29.8 Å². The van der Waals surface area contributed by atoms with Gasteiger partial charge in [-0.15, -0.1) is 63.1 Å². The van der Waals surface area contributed by atoms with Crippen LogP contribution in [0.3, 0.4) is 0 Å². The lowest BCUT2D eigenvalue weighted by molar-refractivity contribution is -0.141. The highest BCUT2D eigenvalue weighted by Gasteiger charge is 2.33. The van der Waals surface area contributed by atoms with Crippen LogP contribution in [-0.2, 0) is 24.0 Å². The molecule has 680 valence electrons. The first-order valence-corrected chi connectivity index (χ1v) is 48.2. The maximum atomic E-state index is 12.3. The van der Waals surface area contributed by atoms with Crippen LogP contribution in [0.2, 0.25) is 0 Å². The molecule has 120 heavy (non-hydrogen) atoms. The molecule has 0 N–H and O–H groups in total. The number of rotatable bonds is 40. The van der Waals surface area contributed by atoms with Gasteiger partial charge in [-0.25, -0.2) is 0 Å². The van der Waals surface area contributed by atoms with E-state index < -0.39 is 0 Å². The first-order chi connectivity index (χ1) is 55.9. The lowest BCUT2D eigenvalue weighted by atomic mass is 9.80. The van der Waals surface area contributed by atoms with E-state index in [0.29, 0.717) is 28.7 Å². The van der Waals surface area contributed by atoms with Crippen LogP contribution in [0, 0.1) is 59.2 Å². The summed E-state index contributed by atoms with van der Waals surface area (Å²) in [6.45, 7) is 11.3. The second-order valence-corrected chi connectivity index (χ2v) is 36.8. The topological polar surface area (TPSA) is 132 Å². The molecule has 0 heterocycles. The second kappa shape index (κ2) is 69.1. The molecule has 5 aliphatic rings. The molecule has 0 saturated heterocycles. The van der Waals surface area contributed by atoms with E-state index in [-0.39, 0.29) is 83.0 Å². The number of unbranched alkanes of at least 4 members (excludes halogenated alkanes) is 20. The molecule has 0 aromatic heterocycles. The summed E-state index contributed by atoms with van der Waals surface area (Å²) in [5, 5.41) is 0. The minimum absolute atomic E-state index is 0. The van der Waals surface area contributed by atoms with Gasteiger partial charge in [-0.3, -0.25) is 47.5 Å². The molecule has 10 nitrogen and oxygen atoms in total. The third-order valence-corrected chi connectivity index (χ3v) is 26.2. The van der Waals surface area contributed by atoms with Crippen LogP contribution < -0.4 is 23.7 Å². The van der Waals surface area contributed by atoms with Crippen LogP contribution in [0.5, 0.6) is 28.7 Å². The summed E-state index contributed by atoms with van der Waals surface area (Å²) in [5.74, 6) is 7.41. The predicted octanol–water partition coefficient (Wildman–Crippen LogP) is 31.0. The number of hydrogen-bond donors (Lipinski definition) is 5. The molecule has 0 atom stereocenters. The van der Waals surface area contributed by atoms with Gasteiger partial charge in [-0.2, -0.15) is 0 Å². The third kappa shape index (κ3) is 48.9. The van der Waals surface area contributed by atoms with Crippen LogP contribution in [0.1, 0.15) is 356 Å². The summed E-state index contributed by atoms with van der Waals surface area (Å²) in [6.07, 6.45) is 62.4. The van der Waals surface area contributed by atoms with Gasteiger partial charge >= 0.3 is 29.8 Å². The molecule has 0 amide bonds. The molecule has 5 fully saturated rings. The Hall–Kier alpha value is -5.15. The molecular formula is C100H155F5O10S5. The number of esters is 5. The zero-order chi connectivity index (χ0) is 82.5. The van der Waals surface area contributed by atoms with Crippen LogP contribution in [0.15, 0.2) is 146 Å². The molecule has 0 bridgehead atoms. The van der Waals surface area contributed by atoms with E-state index in [2.05, 4.69) is 97.8 Å². The van der Waals surface area contributed by atoms with Crippen molar-refractivity contribution in [3.05, 3.63) is 121 Å². The number of carbonyl (C=O) groups is 5. The molecule has 5 aromatic rings. The van der Waals surface area contributed by atoms with Gasteiger partial charge in [0.2, 0.25) is 0 Å². The molecule has 5 saturated carbocycles. The number of hydrogen-bond acceptors (Lipinski definition) is 15. The predicted molar refractivity (Wildman–Crippen MR) is 503 cm³/mol. The van der Waals surface area contributed by atoms with E-state index in [1.54, 1.807) is 0 Å². The molecule has 0 aliphatic heterocycles. The maximum Gasteiger partial charge on any atom is 0.314 e. The Bertz CT molecular complexity index is 2850. The molecule has 20 heteroatoms. The van der Waals surface area contributed by atoms with Crippen molar-refractivity contribution in [2.24, 2.45) is 59.2 Å². The third-order valence-electron chi connectivity index (χ3n) is 24.8. The summed E-state index contributed by atoms with van der Waals surface area (Å²) < 4.78 is 27.5. The van der Waals surface area contributed by atoms with Gasteiger partial charge in [0.15, 0.2) is 0 Å². The lowest BCUT2D eigenvalue weighted by Gasteiger charge is -2.27. The Balaban J connectivity index is 0.000000742. The number of halogens is 5. The molecule has 0 unspecified atom stereocenters. The fourth-order valence-electron chi connectivity index (χ4n) is 17.2. The zero-order valence-electron chi connectivity index (χ0n) is 73.5. The van der Waals surface area contributed by atoms with Crippen molar-refractivity contribution < 1.29 is 71.2 Å². The van der Waals surface area contributed by atoms with Crippen LogP contribution >= 0.6 is 63.1 Å². The van der Waals surface area contributed by atoms with E-state index >= 15 is 0 Å². The maximum absolute atomic E-state index is 12.3. The Labute approximate surface area is 748 Å². The van der Waals surface area contributed by atoms with E-state index in [1.807, 2.05) is 121 Å². The fourth-order valence-corrected chi connectivity index (χ4v) is 17.9. The first-order valence-electron chi connectivity index (χ1n) is 46.0. The number of thiol groups is 5. The Kier molecular flexibility index (Phi) is 65.0. The largest absolute Gasteiger partial charge is 0.426 e. The van der Waals surface area contributed by atoms with Crippen molar-refractivity contribution >= 4 is 93.0 Å². The van der Waals surface area contributed by atoms with Gasteiger partial charge in [0.05, 0.1) is 29.6 Å². The number of carbonyl (C=O) groups excluding carboxylic acids is 5. The van der Waals surface area contributed by atoms with Crippen molar-refractivity contribution in [2.75, 3.05) is 0 Å². The minimum Gasteiger partial charge on any atom is -0.426 e. The van der Waals surface area contributed by atoms with Crippen molar-refractivity contribution in [3.63, 3.8) is 0 Å². The summed E-state index contributed by atoms with van der Waals surface area (Å²) >= 11 is 21.2. The van der Waals surface area contributed by atoms with Crippen molar-refractivity contribution in [3.8, 4) is 28.7 Å². The van der Waals surface area contributed by atoms with Gasteiger partial charge < -0.3 is 23.7 Å². The Morgan fingerprint density at radius 1 is 0.208 bits per heavy atom. The van der Waals surface area contributed by atoms with Crippen molar-refractivity contribution in [2.45, 2.75) is 380 Å². The molecule has 5 aliphatic carbocycles. The summed E-state index contributed by atoms with van der Waals surface area (Å²) in [7, 11) is 0. The molecule has 5 aromatic carbocycles. The summed E-state index contributed by atoms with van der Waals surface area (Å²) in [5.41, 5.74) is 0. The van der Waals surface area contributed by atoms with Crippen molar-refractivity contribution in [1.29, 1.82) is 0 Å². The molecule has 0 spiro atoms. The smallest absolute Gasteiger partial charge is 0.314 e. The quantitative estimate of drug-likeness (QED) is 0.00849. The summed E-state index contributed by atoms with van der Waals surface area (Å²) in [6, 6.07) is 36.6. The zero-order valence-corrected chi connectivity index (χ0v) is 78.0. The van der Waals surface area contributed by atoms with E-state index in [0.717, 1.165) is 118 Å². The van der Waals surface area contributed by atoms with Crippen LogP contribution in [0.4, 0.5) is 23.5 Å². The standard InChI is InChI=1S/5C20H30O2S.5FH/c5*1-2-3-4-5-6-7-16-8-10-17(11-9-16)20(21)22-18-12-14-19(23)15-13-18;;;;;/h5*12-17,23H,2-11H2,1H3;5*1H. The first kappa shape index (κ1) is 113.